The van der Waals surface area contributed by atoms with Gasteiger partial charge in [-0.05, 0) is 102 Å². The number of phenolic OH excluding ortho intramolecular Hbond substituents is 1. The second-order valence-electron chi connectivity index (χ2n) is 16.5. The minimum atomic E-state index is -0.685. The van der Waals surface area contributed by atoms with E-state index in [0.29, 0.717) is 42.3 Å². The van der Waals surface area contributed by atoms with E-state index in [4.69, 9.17) is 4.74 Å². The number of anilines is 2. The van der Waals surface area contributed by atoms with Gasteiger partial charge in [-0.3, -0.25) is 24.6 Å². The third-order valence-electron chi connectivity index (χ3n) is 13.2. The molecule has 4 heterocycles. The molecule has 0 spiro atoms. The Morgan fingerprint density at radius 1 is 0.776 bits per heavy atom. The zero-order valence-electron chi connectivity index (χ0n) is 32.8. The van der Waals surface area contributed by atoms with E-state index >= 15 is 8.78 Å². The first-order chi connectivity index (χ1) is 28.1. The molecular formula is C46H49F2N5O5. The van der Waals surface area contributed by atoms with Gasteiger partial charge in [0.15, 0.2) is 0 Å². The summed E-state index contributed by atoms with van der Waals surface area (Å²) in [6.45, 7) is 5.69. The van der Waals surface area contributed by atoms with Crippen LogP contribution in [0.2, 0.25) is 0 Å². The molecule has 1 unspecified atom stereocenters. The predicted molar refractivity (Wildman–Crippen MR) is 216 cm³/mol. The molecule has 5 aliphatic rings. The normalized spacial score (nSPS) is 22.8. The number of carbonyl (C=O) groups excluding carboxylic acids is 3. The number of aromatic hydroxyl groups is 1. The maximum absolute atomic E-state index is 16.2. The molecule has 4 aliphatic heterocycles. The maximum Gasteiger partial charge on any atom is 0.258 e. The number of benzene rings is 4. The van der Waals surface area contributed by atoms with E-state index in [1.807, 2.05) is 41.3 Å². The van der Waals surface area contributed by atoms with Gasteiger partial charge < -0.3 is 24.5 Å². The fourth-order valence-corrected chi connectivity index (χ4v) is 10.2. The van der Waals surface area contributed by atoms with Crippen molar-refractivity contribution in [3.05, 3.63) is 118 Å². The summed E-state index contributed by atoms with van der Waals surface area (Å²) in [6, 6.07) is 21.9. The Balaban J connectivity index is 0.823. The molecule has 0 saturated carbocycles. The number of hydrogen-bond donors (Lipinski definition) is 2. The molecule has 2 N–H and O–H groups in total. The molecule has 4 aromatic carbocycles. The van der Waals surface area contributed by atoms with Gasteiger partial charge in [0.25, 0.3) is 5.91 Å². The van der Waals surface area contributed by atoms with Crippen LogP contribution in [0.25, 0.3) is 0 Å². The lowest BCUT2D eigenvalue weighted by Gasteiger charge is -2.40. The SMILES string of the molecule is COc1cc(N2CCN(CC3CCN(c4c(F)cc([C@H]5c6ccc(O)cc6CC[C@H]5c5ccccc5)cc4F)CC3)CC2)cc2c1C(=O)N(C1CCC(=O)NC1=O)C2. The Hall–Kier alpha value is -5.49. The molecule has 58 heavy (non-hydrogen) atoms. The molecule has 4 aromatic rings. The smallest absolute Gasteiger partial charge is 0.258 e. The van der Waals surface area contributed by atoms with Gasteiger partial charge in [0, 0.05) is 76.5 Å². The van der Waals surface area contributed by atoms with Gasteiger partial charge in [-0.1, -0.05) is 36.4 Å². The lowest BCUT2D eigenvalue weighted by atomic mass is 9.69. The third-order valence-corrected chi connectivity index (χ3v) is 13.2. The molecule has 3 amide bonds. The van der Waals surface area contributed by atoms with Gasteiger partial charge in [-0.25, -0.2) is 8.78 Å². The van der Waals surface area contributed by atoms with Crippen molar-refractivity contribution in [2.45, 2.75) is 62.9 Å². The van der Waals surface area contributed by atoms with Crippen LogP contribution < -0.4 is 19.9 Å². The summed E-state index contributed by atoms with van der Waals surface area (Å²) in [5.41, 5.74) is 6.11. The predicted octanol–water partition coefficient (Wildman–Crippen LogP) is 6.34. The van der Waals surface area contributed by atoms with Gasteiger partial charge >= 0.3 is 0 Å². The topological polar surface area (TPSA) is 106 Å². The Morgan fingerprint density at radius 3 is 2.22 bits per heavy atom. The summed E-state index contributed by atoms with van der Waals surface area (Å²) < 4.78 is 38.0. The van der Waals surface area contributed by atoms with Gasteiger partial charge in [0.05, 0.1) is 12.7 Å². The van der Waals surface area contributed by atoms with Crippen molar-refractivity contribution in [2.75, 3.05) is 62.7 Å². The molecule has 10 nitrogen and oxygen atoms in total. The largest absolute Gasteiger partial charge is 0.508 e. The van der Waals surface area contributed by atoms with Crippen LogP contribution in [0, 0.1) is 17.6 Å². The minimum absolute atomic E-state index is 0.0558. The number of phenols is 1. The number of hydrogen-bond acceptors (Lipinski definition) is 8. The second-order valence-corrected chi connectivity index (χ2v) is 16.5. The van der Waals surface area contributed by atoms with Crippen LogP contribution in [0.1, 0.15) is 82.1 Å². The van der Waals surface area contributed by atoms with Crippen molar-refractivity contribution in [1.29, 1.82) is 0 Å². The number of aryl methyl sites for hydroxylation is 1. The summed E-state index contributed by atoms with van der Waals surface area (Å²) in [4.78, 5) is 45.9. The van der Waals surface area contributed by atoms with E-state index in [-0.39, 0.29) is 48.1 Å². The van der Waals surface area contributed by atoms with E-state index in [9.17, 15) is 19.5 Å². The summed E-state index contributed by atoms with van der Waals surface area (Å²) in [5.74, 6) is -1.14. The molecule has 1 aliphatic carbocycles. The van der Waals surface area contributed by atoms with Crippen LogP contribution in [0.15, 0.2) is 72.8 Å². The summed E-state index contributed by atoms with van der Waals surface area (Å²) >= 11 is 0. The van der Waals surface area contributed by atoms with Gasteiger partial charge in [-0.15, -0.1) is 0 Å². The first kappa shape index (κ1) is 38.1. The maximum atomic E-state index is 16.2. The van der Waals surface area contributed by atoms with Crippen molar-refractivity contribution in [2.24, 2.45) is 5.92 Å². The van der Waals surface area contributed by atoms with Crippen molar-refractivity contribution in [3.63, 3.8) is 0 Å². The number of fused-ring (bicyclic) bond motifs is 2. The number of imide groups is 1. The zero-order valence-corrected chi connectivity index (χ0v) is 32.8. The van der Waals surface area contributed by atoms with E-state index in [1.165, 1.54) is 12.1 Å². The van der Waals surface area contributed by atoms with Crippen molar-refractivity contribution in [1.82, 2.24) is 15.1 Å². The molecule has 12 heteroatoms. The highest BCUT2D eigenvalue weighted by molar-refractivity contribution is 6.06. The number of methoxy groups -OCH3 is 1. The summed E-state index contributed by atoms with van der Waals surface area (Å²) in [6.07, 6.45) is 3.80. The third kappa shape index (κ3) is 7.16. The minimum Gasteiger partial charge on any atom is -0.508 e. The van der Waals surface area contributed by atoms with E-state index in [0.717, 1.165) is 86.3 Å². The molecule has 3 fully saturated rings. The van der Waals surface area contributed by atoms with Gasteiger partial charge in [0.1, 0.15) is 34.9 Å². The van der Waals surface area contributed by atoms with Crippen LogP contribution in [-0.2, 0) is 22.6 Å². The van der Waals surface area contributed by atoms with Crippen molar-refractivity contribution >= 4 is 29.1 Å². The summed E-state index contributed by atoms with van der Waals surface area (Å²) in [5, 5.41) is 12.6. The van der Waals surface area contributed by atoms with Gasteiger partial charge in [0.2, 0.25) is 11.8 Å². The average Bonchev–Trinajstić information content (AvgIpc) is 3.56. The fraction of sp³-hybridized carbons (Fsp3) is 0.413. The Labute approximate surface area is 337 Å². The van der Waals surface area contributed by atoms with E-state index in [1.54, 1.807) is 24.1 Å². The molecule has 0 bridgehead atoms. The fourth-order valence-electron chi connectivity index (χ4n) is 10.2. The molecular weight excluding hydrogens is 741 g/mol. The van der Waals surface area contributed by atoms with Crippen LogP contribution in [-0.4, -0.2) is 91.6 Å². The standard InChI is InChI=1S/C46H49F2N5O5/c1-58-40-25-33(21-32-27-53(46(57)43(32)40)39-11-12-41(55)49-45(39)56)51-19-17-50(18-20-51)26-28-13-15-52(16-14-28)44-37(47)23-31(24-38(44)48)42-35(29-5-3-2-4-6-29)9-7-30-22-34(54)8-10-36(30)42/h2-6,8,10,21-25,28,35,39,42,54H,7,9,11-20,26-27H2,1H3,(H,49,55,56)/t35-,39?,42+/m0/s1. The molecule has 0 aromatic heterocycles. The number of piperazine rings is 1. The quantitative estimate of drug-likeness (QED) is 0.200. The Kier molecular flexibility index (Phi) is 10.3. The van der Waals surface area contributed by atoms with Crippen LogP contribution in [0.4, 0.5) is 20.2 Å². The second kappa shape index (κ2) is 15.7. The highest BCUT2D eigenvalue weighted by atomic mass is 19.1. The number of halogens is 2. The molecule has 0 radical (unpaired) electrons. The van der Waals surface area contributed by atoms with Crippen LogP contribution in [0.5, 0.6) is 11.5 Å². The number of nitrogens with zero attached hydrogens (tertiary/aromatic N) is 4. The first-order valence-electron chi connectivity index (χ1n) is 20.6. The number of ether oxygens (including phenoxy) is 1. The Bertz CT molecular complexity index is 2210. The zero-order chi connectivity index (χ0) is 40.1. The first-order valence-corrected chi connectivity index (χ1v) is 20.6. The summed E-state index contributed by atoms with van der Waals surface area (Å²) in [7, 11) is 1.55. The van der Waals surface area contributed by atoms with Crippen molar-refractivity contribution < 1.29 is 33.0 Å². The Morgan fingerprint density at radius 2 is 1.52 bits per heavy atom. The lowest BCUT2D eigenvalue weighted by molar-refractivity contribution is -0.136. The number of rotatable bonds is 8. The van der Waals surface area contributed by atoms with Crippen LogP contribution >= 0.6 is 0 Å². The van der Waals surface area contributed by atoms with E-state index < -0.39 is 23.6 Å². The number of piperidine rings is 2. The number of amides is 3. The van der Waals surface area contributed by atoms with Crippen LogP contribution in [0.3, 0.4) is 0 Å². The monoisotopic (exact) mass is 789 g/mol. The number of carbonyl (C=O) groups is 3. The highest BCUT2D eigenvalue weighted by Gasteiger charge is 2.41. The lowest BCUT2D eigenvalue weighted by Crippen LogP contribution is -2.52. The van der Waals surface area contributed by atoms with E-state index in [2.05, 4.69) is 27.2 Å². The highest BCUT2D eigenvalue weighted by Crippen LogP contribution is 2.48. The van der Waals surface area contributed by atoms with Crippen molar-refractivity contribution in [3.8, 4) is 11.5 Å². The number of nitrogens with one attached hydrogen (secondary N) is 1. The van der Waals surface area contributed by atoms with Gasteiger partial charge in [-0.2, -0.15) is 0 Å². The molecule has 302 valence electrons. The molecule has 9 rings (SSSR count). The molecule has 3 atom stereocenters. The molecule has 3 saturated heterocycles. The average molecular weight is 790 g/mol.